The van der Waals surface area contributed by atoms with Gasteiger partial charge in [-0.2, -0.15) is 0 Å². The monoisotopic (exact) mass is 528 g/mol. The molecule has 1 unspecified atom stereocenters. The normalized spacial score (nSPS) is 23.6. The van der Waals surface area contributed by atoms with Crippen LogP contribution in [0.15, 0.2) is 29.3 Å². The van der Waals surface area contributed by atoms with E-state index in [4.69, 9.17) is 0 Å². The molecule has 1 aliphatic heterocycles. The van der Waals surface area contributed by atoms with Gasteiger partial charge in [0.2, 0.25) is 5.91 Å². The van der Waals surface area contributed by atoms with Crippen LogP contribution in [0, 0.1) is 11.7 Å². The first-order chi connectivity index (χ1) is 14.1. The fourth-order valence-electron chi connectivity index (χ4n) is 4.85. The maximum atomic E-state index is 13.2. The number of aliphatic imine (C=N–C) groups is 1. The number of benzene rings is 1. The van der Waals surface area contributed by atoms with E-state index in [2.05, 4.69) is 15.6 Å². The summed E-state index contributed by atoms with van der Waals surface area (Å²) in [5, 5.41) is 6.96. The van der Waals surface area contributed by atoms with Gasteiger partial charge >= 0.3 is 0 Å². The smallest absolute Gasteiger partial charge is 0.225 e. The Morgan fingerprint density at radius 2 is 1.87 bits per heavy atom. The highest BCUT2D eigenvalue weighted by Crippen LogP contribution is 2.47. The minimum Gasteiger partial charge on any atom is -0.356 e. The van der Waals surface area contributed by atoms with E-state index < -0.39 is 0 Å². The van der Waals surface area contributed by atoms with E-state index in [1.165, 1.54) is 24.8 Å². The van der Waals surface area contributed by atoms with Gasteiger partial charge in [0.05, 0.1) is 0 Å². The summed E-state index contributed by atoms with van der Waals surface area (Å²) in [5.41, 5.74) is 1.27. The van der Waals surface area contributed by atoms with Crippen LogP contribution in [-0.2, 0) is 10.2 Å². The number of rotatable bonds is 5. The minimum absolute atomic E-state index is 0. The number of hydrogen-bond acceptors (Lipinski definition) is 2. The molecule has 7 heteroatoms. The SMILES string of the molecule is CN=C(NCC1(c2ccc(F)cc2)CC1)NC1CCN(C(=O)C2CCCCC2)C1.I. The maximum absolute atomic E-state index is 13.2. The van der Waals surface area contributed by atoms with E-state index in [0.717, 1.165) is 57.7 Å². The summed E-state index contributed by atoms with van der Waals surface area (Å²) in [6, 6.07) is 7.12. The van der Waals surface area contributed by atoms with Gasteiger partial charge in [0.1, 0.15) is 5.82 Å². The van der Waals surface area contributed by atoms with E-state index in [9.17, 15) is 9.18 Å². The molecule has 1 heterocycles. The second-order valence-electron chi connectivity index (χ2n) is 8.96. The van der Waals surface area contributed by atoms with E-state index in [1.807, 2.05) is 17.0 Å². The molecule has 1 atom stereocenters. The van der Waals surface area contributed by atoms with Crippen LogP contribution in [0.2, 0.25) is 0 Å². The first kappa shape index (κ1) is 23.3. The Kier molecular flexibility index (Phi) is 7.98. The van der Waals surface area contributed by atoms with Gasteiger partial charge in [0.25, 0.3) is 0 Å². The average Bonchev–Trinajstić information content (AvgIpc) is 3.41. The molecular formula is C23H34FIN4O. The van der Waals surface area contributed by atoms with Crippen LogP contribution >= 0.6 is 24.0 Å². The predicted molar refractivity (Wildman–Crippen MR) is 129 cm³/mol. The quantitative estimate of drug-likeness (QED) is 0.347. The molecule has 4 rings (SSSR count). The summed E-state index contributed by atoms with van der Waals surface area (Å²) in [7, 11) is 1.78. The Morgan fingerprint density at radius 1 is 1.17 bits per heavy atom. The van der Waals surface area contributed by atoms with Gasteiger partial charge in [0, 0.05) is 44.1 Å². The minimum atomic E-state index is -0.191. The van der Waals surface area contributed by atoms with E-state index >= 15 is 0 Å². The van der Waals surface area contributed by atoms with Crippen LogP contribution in [-0.4, -0.2) is 49.5 Å². The molecular weight excluding hydrogens is 494 g/mol. The molecule has 3 aliphatic rings. The Morgan fingerprint density at radius 3 is 2.50 bits per heavy atom. The molecule has 1 aromatic rings. The number of nitrogens with one attached hydrogen (secondary N) is 2. The van der Waals surface area contributed by atoms with Crippen molar-refractivity contribution in [3.05, 3.63) is 35.6 Å². The lowest BCUT2D eigenvalue weighted by Gasteiger charge is -2.26. The van der Waals surface area contributed by atoms with Gasteiger partial charge in [-0.05, 0) is 49.8 Å². The van der Waals surface area contributed by atoms with Crippen molar-refractivity contribution < 1.29 is 9.18 Å². The van der Waals surface area contributed by atoms with Crippen molar-refractivity contribution in [2.45, 2.75) is 62.8 Å². The molecule has 0 bridgehead atoms. The van der Waals surface area contributed by atoms with Crippen LogP contribution < -0.4 is 10.6 Å². The van der Waals surface area contributed by atoms with Gasteiger partial charge in [-0.1, -0.05) is 31.4 Å². The molecule has 5 nitrogen and oxygen atoms in total. The highest BCUT2D eigenvalue weighted by atomic mass is 127. The van der Waals surface area contributed by atoms with Crippen molar-refractivity contribution >= 4 is 35.8 Å². The van der Waals surface area contributed by atoms with Crippen LogP contribution in [0.1, 0.15) is 56.9 Å². The third-order valence-electron chi connectivity index (χ3n) is 6.92. The number of guanidine groups is 1. The average molecular weight is 528 g/mol. The molecule has 166 valence electrons. The van der Waals surface area contributed by atoms with Crippen molar-refractivity contribution in [1.29, 1.82) is 0 Å². The first-order valence-electron chi connectivity index (χ1n) is 11.1. The Bertz CT molecular complexity index is 744. The Labute approximate surface area is 196 Å². The Balaban J connectivity index is 0.00000256. The lowest BCUT2D eigenvalue weighted by molar-refractivity contribution is -0.135. The lowest BCUT2D eigenvalue weighted by Crippen LogP contribution is -2.47. The van der Waals surface area contributed by atoms with Gasteiger partial charge in [0.15, 0.2) is 5.96 Å². The highest BCUT2D eigenvalue weighted by molar-refractivity contribution is 14.0. The lowest BCUT2D eigenvalue weighted by atomic mass is 9.88. The van der Waals surface area contributed by atoms with Crippen LogP contribution in [0.5, 0.6) is 0 Å². The predicted octanol–water partition coefficient (Wildman–Crippen LogP) is 3.82. The molecule has 1 amide bonds. The topological polar surface area (TPSA) is 56.7 Å². The van der Waals surface area contributed by atoms with E-state index in [0.29, 0.717) is 5.91 Å². The summed E-state index contributed by atoms with van der Waals surface area (Å²) in [5.74, 6) is 1.19. The standard InChI is InChI=1S/C23H33FN4O.HI/c1-25-22(26-16-23(12-13-23)18-7-9-19(24)10-8-18)27-20-11-14-28(15-20)21(29)17-5-3-2-4-6-17;/h7-10,17,20H,2-6,11-16H2,1H3,(H2,25,26,27);1H. The number of amides is 1. The summed E-state index contributed by atoms with van der Waals surface area (Å²) >= 11 is 0. The fraction of sp³-hybridized carbons (Fsp3) is 0.652. The molecule has 0 radical (unpaired) electrons. The van der Waals surface area contributed by atoms with E-state index in [-0.39, 0.29) is 47.2 Å². The Hall–Kier alpha value is -1.38. The number of halogens is 2. The molecule has 1 saturated heterocycles. The van der Waals surface area contributed by atoms with Crippen molar-refractivity contribution in [1.82, 2.24) is 15.5 Å². The van der Waals surface area contributed by atoms with Gasteiger partial charge in [-0.15, -0.1) is 24.0 Å². The molecule has 2 N–H and O–H groups in total. The zero-order valence-electron chi connectivity index (χ0n) is 17.8. The zero-order valence-corrected chi connectivity index (χ0v) is 20.2. The van der Waals surface area contributed by atoms with Crippen LogP contribution in [0.4, 0.5) is 4.39 Å². The molecule has 2 saturated carbocycles. The van der Waals surface area contributed by atoms with Crippen molar-refractivity contribution in [3.63, 3.8) is 0 Å². The molecule has 2 aliphatic carbocycles. The maximum Gasteiger partial charge on any atom is 0.225 e. The van der Waals surface area contributed by atoms with Crippen LogP contribution in [0.25, 0.3) is 0 Å². The fourth-order valence-corrected chi connectivity index (χ4v) is 4.85. The van der Waals surface area contributed by atoms with Crippen molar-refractivity contribution in [3.8, 4) is 0 Å². The summed E-state index contributed by atoms with van der Waals surface area (Å²) in [6.07, 6.45) is 8.95. The van der Waals surface area contributed by atoms with Gasteiger partial charge in [-0.25, -0.2) is 4.39 Å². The van der Waals surface area contributed by atoms with Crippen LogP contribution in [0.3, 0.4) is 0 Å². The number of nitrogens with zero attached hydrogens (tertiary/aromatic N) is 2. The number of hydrogen-bond donors (Lipinski definition) is 2. The summed E-state index contributed by atoms with van der Waals surface area (Å²) in [4.78, 5) is 19.2. The van der Waals surface area contributed by atoms with Gasteiger partial charge < -0.3 is 15.5 Å². The number of likely N-dealkylation sites (tertiary alicyclic amines) is 1. The number of carbonyl (C=O) groups is 1. The second-order valence-corrected chi connectivity index (χ2v) is 8.96. The van der Waals surface area contributed by atoms with Crippen molar-refractivity contribution in [2.24, 2.45) is 10.9 Å². The molecule has 30 heavy (non-hydrogen) atoms. The molecule has 0 aromatic heterocycles. The third-order valence-corrected chi connectivity index (χ3v) is 6.92. The second kappa shape index (κ2) is 10.3. The summed E-state index contributed by atoms with van der Waals surface area (Å²) < 4.78 is 13.2. The molecule has 1 aromatic carbocycles. The van der Waals surface area contributed by atoms with Gasteiger partial charge in [-0.3, -0.25) is 9.79 Å². The summed E-state index contributed by atoms with van der Waals surface area (Å²) in [6.45, 7) is 2.39. The molecule has 0 spiro atoms. The third kappa shape index (κ3) is 5.45. The number of carbonyl (C=O) groups excluding carboxylic acids is 1. The van der Waals surface area contributed by atoms with E-state index in [1.54, 1.807) is 19.2 Å². The highest BCUT2D eigenvalue weighted by Gasteiger charge is 2.44. The first-order valence-corrected chi connectivity index (χ1v) is 11.1. The molecule has 3 fully saturated rings. The zero-order chi connectivity index (χ0) is 20.3. The van der Waals surface area contributed by atoms with Crippen molar-refractivity contribution in [2.75, 3.05) is 26.7 Å². The largest absolute Gasteiger partial charge is 0.356 e.